The highest BCUT2D eigenvalue weighted by Crippen LogP contribution is 2.25. The Kier molecular flexibility index (Phi) is 4.60. The Bertz CT molecular complexity index is 421. The van der Waals surface area contributed by atoms with E-state index in [4.69, 9.17) is 0 Å². The highest BCUT2D eigenvalue weighted by molar-refractivity contribution is 6.95. The third-order valence-corrected chi connectivity index (χ3v) is 6.20. The molecule has 0 atom stereocenters. The summed E-state index contributed by atoms with van der Waals surface area (Å²) in [6.45, 7) is 4.59. The smallest absolute Gasteiger partial charge is 0.184 e. The Hall–Kier alpha value is -1.07. The fraction of sp³-hybridized carbons (Fsp3) is 0.562. The summed E-state index contributed by atoms with van der Waals surface area (Å²) < 4.78 is 0. The molecule has 1 nitrogen and oxygen atoms in total. The maximum Gasteiger partial charge on any atom is 0.184 e. The van der Waals surface area contributed by atoms with Gasteiger partial charge in [0.2, 0.25) is 0 Å². The Balaban J connectivity index is 1.95. The first-order valence-corrected chi connectivity index (χ1v) is 10.1. The standard InChI is InChI=1S/C16H23NSi/c1-18(2,16-12-6-7-13-17-16)14-8-11-15-9-4-3-5-10-15/h6-7,12-13,15H,3-5,9-11H2,1-2H3. The Morgan fingerprint density at radius 2 is 2.00 bits per heavy atom. The van der Waals surface area contributed by atoms with E-state index < -0.39 is 8.07 Å². The van der Waals surface area contributed by atoms with Gasteiger partial charge in [0.15, 0.2) is 8.07 Å². The van der Waals surface area contributed by atoms with E-state index in [9.17, 15) is 0 Å². The molecule has 0 unspecified atom stereocenters. The van der Waals surface area contributed by atoms with Crippen molar-refractivity contribution in [3.63, 3.8) is 0 Å². The number of pyridine rings is 1. The molecule has 1 aliphatic rings. The van der Waals surface area contributed by atoms with Crippen LogP contribution in [0.1, 0.15) is 38.5 Å². The molecule has 1 saturated carbocycles. The monoisotopic (exact) mass is 257 g/mol. The molecule has 0 spiro atoms. The van der Waals surface area contributed by atoms with Crippen LogP contribution in [0.4, 0.5) is 0 Å². The van der Waals surface area contributed by atoms with Gasteiger partial charge in [-0.2, -0.15) is 0 Å². The summed E-state index contributed by atoms with van der Waals surface area (Å²) in [5, 5.41) is 1.21. The highest BCUT2D eigenvalue weighted by atomic mass is 28.3. The molecule has 0 amide bonds. The Labute approximate surface area is 112 Å². The molecule has 0 saturated heterocycles. The van der Waals surface area contributed by atoms with Gasteiger partial charge in [-0.25, -0.2) is 0 Å². The summed E-state index contributed by atoms with van der Waals surface area (Å²) in [5.74, 6) is 4.33. The van der Waals surface area contributed by atoms with Crippen LogP contribution in [0.5, 0.6) is 0 Å². The lowest BCUT2D eigenvalue weighted by atomic mass is 9.87. The summed E-state index contributed by atoms with van der Waals surface area (Å²) in [6.07, 6.45) is 10.0. The highest BCUT2D eigenvalue weighted by Gasteiger charge is 2.22. The summed E-state index contributed by atoms with van der Waals surface area (Å²) in [7, 11) is -1.64. The van der Waals surface area contributed by atoms with Crippen molar-refractivity contribution in [3.05, 3.63) is 24.4 Å². The first-order chi connectivity index (χ1) is 8.68. The first-order valence-electron chi connectivity index (χ1n) is 7.10. The van der Waals surface area contributed by atoms with Gasteiger partial charge in [0, 0.05) is 17.9 Å². The molecular weight excluding hydrogens is 234 g/mol. The van der Waals surface area contributed by atoms with Gasteiger partial charge in [-0.1, -0.05) is 38.4 Å². The van der Waals surface area contributed by atoms with Gasteiger partial charge in [-0.3, -0.25) is 4.98 Å². The maximum absolute atomic E-state index is 4.48. The zero-order valence-electron chi connectivity index (χ0n) is 11.6. The van der Waals surface area contributed by atoms with Crippen molar-refractivity contribution in [1.82, 2.24) is 4.98 Å². The van der Waals surface area contributed by atoms with E-state index >= 15 is 0 Å². The third-order valence-electron chi connectivity index (χ3n) is 3.82. The predicted molar refractivity (Wildman–Crippen MR) is 80.3 cm³/mol. The first kappa shape index (κ1) is 13.4. The van der Waals surface area contributed by atoms with Crippen LogP contribution in [0.2, 0.25) is 13.1 Å². The minimum absolute atomic E-state index is 0.861. The fourth-order valence-corrected chi connectivity index (χ4v) is 4.19. The minimum Gasteiger partial charge on any atom is -0.265 e. The second-order valence-corrected chi connectivity index (χ2v) is 9.86. The molecule has 2 heteroatoms. The van der Waals surface area contributed by atoms with Gasteiger partial charge in [-0.05, 0) is 30.9 Å². The summed E-state index contributed by atoms with van der Waals surface area (Å²) >= 11 is 0. The lowest BCUT2D eigenvalue weighted by molar-refractivity contribution is 0.365. The number of hydrogen-bond donors (Lipinski definition) is 0. The normalized spacial score (nSPS) is 17.0. The van der Waals surface area contributed by atoms with Gasteiger partial charge in [0.1, 0.15) is 0 Å². The molecular formula is C16H23NSi. The molecule has 0 aliphatic heterocycles. The number of nitrogens with zero attached hydrogens (tertiary/aromatic N) is 1. The molecule has 1 heterocycles. The van der Waals surface area contributed by atoms with E-state index in [0.29, 0.717) is 0 Å². The zero-order chi connectivity index (χ0) is 12.8. The van der Waals surface area contributed by atoms with E-state index in [2.05, 4.69) is 41.7 Å². The molecule has 1 fully saturated rings. The summed E-state index contributed by atoms with van der Waals surface area (Å²) in [4.78, 5) is 4.48. The molecule has 0 aromatic carbocycles. The van der Waals surface area contributed by atoms with Crippen LogP contribution in [-0.2, 0) is 0 Å². The number of hydrogen-bond acceptors (Lipinski definition) is 1. The van der Waals surface area contributed by atoms with Gasteiger partial charge < -0.3 is 0 Å². The van der Waals surface area contributed by atoms with Crippen LogP contribution in [0, 0.1) is 17.4 Å². The molecule has 0 bridgehead atoms. The molecule has 96 valence electrons. The molecule has 0 radical (unpaired) electrons. The molecule has 2 rings (SSSR count). The van der Waals surface area contributed by atoms with Crippen LogP contribution in [-0.4, -0.2) is 13.1 Å². The predicted octanol–water partition coefficient (Wildman–Crippen LogP) is 3.51. The van der Waals surface area contributed by atoms with E-state index in [1.165, 1.54) is 37.4 Å². The van der Waals surface area contributed by atoms with Crippen molar-refractivity contribution in [2.45, 2.75) is 51.6 Å². The van der Waals surface area contributed by atoms with Gasteiger partial charge in [0.05, 0.1) is 0 Å². The lowest BCUT2D eigenvalue weighted by Gasteiger charge is -2.19. The van der Waals surface area contributed by atoms with Crippen LogP contribution >= 0.6 is 0 Å². The molecule has 0 N–H and O–H groups in total. The Morgan fingerprint density at radius 1 is 1.22 bits per heavy atom. The van der Waals surface area contributed by atoms with Crippen molar-refractivity contribution in [1.29, 1.82) is 0 Å². The van der Waals surface area contributed by atoms with Crippen LogP contribution in [0.25, 0.3) is 0 Å². The van der Waals surface area contributed by atoms with E-state index in [1.54, 1.807) is 0 Å². The van der Waals surface area contributed by atoms with E-state index in [0.717, 1.165) is 12.3 Å². The zero-order valence-corrected chi connectivity index (χ0v) is 12.6. The topological polar surface area (TPSA) is 12.9 Å². The van der Waals surface area contributed by atoms with Crippen molar-refractivity contribution in [2.24, 2.45) is 5.92 Å². The second kappa shape index (κ2) is 6.20. The third kappa shape index (κ3) is 3.71. The number of rotatable bonds is 2. The van der Waals surface area contributed by atoms with E-state index in [-0.39, 0.29) is 0 Å². The van der Waals surface area contributed by atoms with Gasteiger partial charge in [-0.15, -0.1) is 11.5 Å². The SMILES string of the molecule is C[Si](C)(C#CCC1CCCCC1)c1ccccn1. The largest absolute Gasteiger partial charge is 0.265 e. The molecule has 1 aromatic heterocycles. The fourth-order valence-electron chi connectivity index (χ4n) is 2.60. The van der Waals surface area contributed by atoms with E-state index in [1.807, 2.05) is 12.3 Å². The summed E-state index contributed by atoms with van der Waals surface area (Å²) in [5.41, 5.74) is 3.55. The van der Waals surface area contributed by atoms with Crippen LogP contribution in [0.15, 0.2) is 24.4 Å². The second-order valence-electron chi connectivity index (χ2n) is 5.85. The van der Waals surface area contributed by atoms with Gasteiger partial charge in [0.25, 0.3) is 0 Å². The van der Waals surface area contributed by atoms with Crippen molar-refractivity contribution in [2.75, 3.05) is 0 Å². The Morgan fingerprint density at radius 3 is 2.67 bits per heavy atom. The van der Waals surface area contributed by atoms with Crippen LogP contribution in [0.3, 0.4) is 0 Å². The van der Waals surface area contributed by atoms with Gasteiger partial charge >= 0.3 is 0 Å². The van der Waals surface area contributed by atoms with Crippen LogP contribution < -0.4 is 5.32 Å². The molecule has 1 aliphatic carbocycles. The molecule has 18 heavy (non-hydrogen) atoms. The maximum atomic E-state index is 4.48. The molecule has 1 aromatic rings. The average Bonchev–Trinajstić information content (AvgIpc) is 2.41. The van der Waals surface area contributed by atoms with Crippen molar-refractivity contribution in [3.8, 4) is 11.5 Å². The minimum atomic E-state index is -1.64. The quantitative estimate of drug-likeness (QED) is 0.583. The number of aromatic nitrogens is 1. The lowest BCUT2D eigenvalue weighted by Crippen LogP contribution is -2.42. The summed E-state index contributed by atoms with van der Waals surface area (Å²) in [6, 6.07) is 6.17. The average molecular weight is 257 g/mol. The van der Waals surface area contributed by atoms with Crippen molar-refractivity contribution < 1.29 is 0 Å². The van der Waals surface area contributed by atoms with Crippen molar-refractivity contribution >= 4 is 13.4 Å².